The minimum atomic E-state index is -0.701. The SMILES string of the molecule is CCOC(=O)C(C)(C)c1csc(NC(C)CCC(C)C)n1. The van der Waals surface area contributed by atoms with Crippen molar-refractivity contribution in [1.82, 2.24) is 4.98 Å². The van der Waals surface area contributed by atoms with Crippen LogP contribution in [0.3, 0.4) is 0 Å². The van der Waals surface area contributed by atoms with Crippen LogP contribution in [0.25, 0.3) is 0 Å². The standard InChI is InChI=1S/C16H28N2O2S/c1-7-20-14(19)16(5,6)13-10-21-15(18-13)17-12(4)9-8-11(2)3/h10-12H,7-9H2,1-6H3,(H,17,18). The second kappa shape index (κ2) is 7.78. The fourth-order valence-electron chi connectivity index (χ4n) is 1.91. The molecule has 1 rings (SSSR count). The number of hydrogen-bond acceptors (Lipinski definition) is 5. The molecule has 1 unspecified atom stereocenters. The average Bonchev–Trinajstić information content (AvgIpc) is 2.85. The van der Waals surface area contributed by atoms with Gasteiger partial charge in [0.1, 0.15) is 5.41 Å². The number of thiazole rings is 1. The minimum Gasteiger partial charge on any atom is -0.465 e. The summed E-state index contributed by atoms with van der Waals surface area (Å²) in [5.41, 5.74) is 0.0673. The molecule has 120 valence electrons. The molecule has 1 heterocycles. The van der Waals surface area contributed by atoms with Crippen LogP contribution in [0.5, 0.6) is 0 Å². The third-order valence-electron chi connectivity index (χ3n) is 3.48. The number of esters is 1. The Morgan fingerprint density at radius 1 is 1.38 bits per heavy atom. The highest BCUT2D eigenvalue weighted by molar-refractivity contribution is 7.13. The number of ether oxygens (including phenoxy) is 1. The summed E-state index contributed by atoms with van der Waals surface area (Å²) in [6.45, 7) is 12.5. The van der Waals surface area contributed by atoms with E-state index in [9.17, 15) is 4.79 Å². The summed E-state index contributed by atoms with van der Waals surface area (Å²) in [4.78, 5) is 16.6. The van der Waals surface area contributed by atoms with Gasteiger partial charge in [0, 0.05) is 11.4 Å². The van der Waals surface area contributed by atoms with E-state index in [1.807, 2.05) is 26.2 Å². The lowest BCUT2D eigenvalue weighted by Crippen LogP contribution is -2.31. The molecule has 0 bridgehead atoms. The van der Waals surface area contributed by atoms with E-state index in [0.29, 0.717) is 18.6 Å². The lowest BCUT2D eigenvalue weighted by atomic mass is 9.90. The van der Waals surface area contributed by atoms with E-state index in [-0.39, 0.29) is 5.97 Å². The Morgan fingerprint density at radius 3 is 2.62 bits per heavy atom. The lowest BCUT2D eigenvalue weighted by Gasteiger charge is -2.20. The average molecular weight is 312 g/mol. The third kappa shape index (κ3) is 5.30. The Bertz CT molecular complexity index is 455. The fraction of sp³-hybridized carbons (Fsp3) is 0.750. The third-order valence-corrected chi connectivity index (χ3v) is 4.25. The van der Waals surface area contributed by atoms with Crippen molar-refractivity contribution < 1.29 is 9.53 Å². The number of carbonyl (C=O) groups excluding carboxylic acids is 1. The Kier molecular flexibility index (Phi) is 6.65. The number of aromatic nitrogens is 1. The van der Waals surface area contributed by atoms with Crippen LogP contribution in [0.2, 0.25) is 0 Å². The van der Waals surface area contributed by atoms with E-state index in [1.54, 1.807) is 11.3 Å². The van der Waals surface area contributed by atoms with Gasteiger partial charge in [-0.2, -0.15) is 0 Å². The highest BCUT2D eigenvalue weighted by atomic mass is 32.1. The van der Waals surface area contributed by atoms with Gasteiger partial charge in [-0.15, -0.1) is 11.3 Å². The zero-order valence-electron chi connectivity index (χ0n) is 14.0. The smallest absolute Gasteiger partial charge is 0.317 e. The quantitative estimate of drug-likeness (QED) is 0.730. The molecule has 0 aliphatic carbocycles. The molecule has 1 N–H and O–H groups in total. The van der Waals surface area contributed by atoms with Crippen LogP contribution in [-0.4, -0.2) is 23.6 Å². The first-order valence-electron chi connectivity index (χ1n) is 7.67. The molecule has 0 saturated heterocycles. The van der Waals surface area contributed by atoms with Crippen LogP contribution in [-0.2, 0) is 14.9 Å². The lowest BCUT2D eigenvalue weighted by molar-refractivity contribution is -0.148. The molecule has 0 aromatic carbocycles. The topological polar surface area (TPSA) is 51.2 Å². The molecule has 4 nitrogen and oxygen atoms in total. The summed E-state index contributed by atoms with van der Waals surface area (Å²) in [5, 5.41) is 6.23. The molecule has 0 aliphatic heterocycles. The number of nitrogens with zero attached hydrogens (tertiary/aromatic N) is 1. The van der Waals surface area contributed by atoms with Gasteiger partial charge < -0.3 is 10.1 Å². The zero-order valence-corrected chi connectivity index (χ0v) is 14.8. The van der Waals surface area contributed by atoms with Gasteiger partial charge in [-0.05, 0) is 46.5 Å². The van der Waals surface area contributed by atoms with Crippen molar-refractivity contribution in [1.29, 1.82) is 0 Å². The molecule has 0 amide bonds. The van der Waals surface area contributed by atoms with Crippen LogP contribution in [0, 0.1) is 5.92 Å². The first kappa shape index (κ1) is 18.0. The summed E-state index contributed by atoms with van der Waals surface area (Å²) in [5.74, 6) is 0.485. The van der Waals surface area contributed by atoms with E-state index >= 15 is 0 Å². The molecule has 5 heteroatoms. The van der Waals surface area contributed by atoms with Crippen LogP contribution in [0.1, 0.15) is 60.1 Å². The van der Waals surface area contributed by atoms with Crippen molar-refractivity contribution in [2.75, 3.05) is 11.9 Å². The number of hydrogen-bond donors (Lipinski definition) is 1. The van der Waals surface area contributed by atoms with Gasteiger partial charge in [0.15, 0.2) is 5.13 Å². The van der Waals surface area contributed by atoms with E-state index in [0.717, 1.165) is 17.2 Å². The molecule has 0 saturated carbocycles. The maximum atomic E-state index is 12.0. The van der Waals surface area contributed by atoms with Crippen molar-refractivity contribution in [3.8, 4) is 0 Å². The molecular weight excluding hydrogens is 284 g/mol. The number of nitrogens with one attached hydrogen (secondary N) is 1. The van der Waals surface area contributed by atoms with Gasteiger partial charge in [-0.25, -0.2) is 4.98 Å². The summed E-state index contributed by atoms with van der Waals surface area (Å²) < 4.78 is 5.12. The number of anilines is 1. The zero-order chi connectivity index (χ0) is 16.0. The molecule has 0 aliphatic rings. The first-order valence-corrected chi connectivity index (χ1v) is 8.55. The largest absolute Gasteiger partial charge is 0.465 e. The molecule has 0 radical (unpaired) electrons. The van der Waals surface area contributed by atoms with Crippen molar-refractivity contribution in [3.63, 3.8) is 0 Å². The van der Waals surface area contributed by atoms with E-state index < -0.39 is 5.41 Å². The van der Waals surface area contributed by atoms with Crippen LogP contribution in [0.4, 0.5) is 5.13 Å². The predicted octanol–water partition coefficient (Wildman–Crippen LogP) is 4.22. The van der Waals surface area contributed by atoms with Gasteiger partial charge in [-0.1, -0.05) is 13.8 Å². The van der Waals surface area contributed by atoms with Gasteiger partial charge in [0.2, 0.25) is 0 Å². The molecule has 1 atom stereocenters. The van der Waals surface area contributed by atoms with Crippen molar-refractivity contribution in [3.05, 3.63) is 11.1 Å². The monoisotopic (exact) mass is 312 g/mol. The summed E-state index contributed by atoms with van der Waals surface area (Å²) >= 11 is 1.54. The van der Waals surface area contributed by atoms with Crippen LogP contribution in [0.15, 0.2) is 5.38 Å². The van der Waals surface area contributed by atoms with Crippen molar-refractivity contribution in [2.24, 2.45) is 5.92 Å². The van der Waals surface area contributed by atoms with Gasteiger partial charge >= 0.3 is 5.97 Å². The second-order valence-electron chi connectivity index (χ2n) is 6.40. The molecule has 1 aromatic heterocycles. The number of rotatable bonds is 8. The highest BCUT2D eigenvalue weighted by Crippen LogP contribution is 2.29. The number of carbonyl (C=O) groups is 1. The maximum Gasteiger partial charge on any atom is 0.317 e. The van der Waals surface area contributed by atoms with Crippen molar-refractivity contribution in [2.45, 2.75) is 65.8 Å². The van der Waals surface area contributed by atoms with E-state index in [1.165, 1.54) is 6.42 Å². The minimum absolute atomic E-state index is 0.227. The normalized spacial score (nSPS) is 13.3. The van der Waals surface area contributed by atoms with Gasteiger partial charge in [0.05, 0.1) is 12.3 Å². The van der Waals surface area contributed by atoms with E-state index in [4.69, 9.17) is 4.74 Å². The van der Waals surface area contributed by atoms with Crippen LogP contribution < -0.4 is 5.32 Å². The van der Waals surface area contributed by atoms with E-state index in [2.05, 4.69) is 31.1 Å². The van der Waals surface area contributed by atoms with Crippen molar-refractivity contribution >= 4 is 22.4 Å². The van der Waals surface area contributed by atoms with Crippen LogP contribution >= 0.6 is 11.3 Å². The fourth-order valence-corrected chi connectivity index (χ4v) is 2.90. The second-order valence-corrected chi connectivity index (χ2v) is 7.26. The Balaban J connectivity index is 2.66. The Hall–Kier alpha value is -1.10. The summed E-state index contributed by atoms with van der Waals surface area (Å²) in [7, 11) is 0. The molecular formula is C16H28N2O2S. The predicted molar refractivity (Wildman–Crippen MR) is 88.9 cm³/mol. The molecule has 21 heavy (non-hydrogen) atoms. The van der Waals surface area contributed by atoms with Gasteiger partial charge in [0.25, 0.3) is 0 Å². The molecule has 1 aromatic rings. The van der Waals surface area contributed by atoms with Gasteiger partial charge in [-0.3, -0.25) is 4.79 Å². The Labute approximate surface area is 132 Å². The molecule has 0 fully saturated rings. The highest BCUT2D eigenvalue weighted by Gasteiger charge is 2.34. The summed E-state index contributed by atoms with van der Waals surface area (Å²) in [6, 6.07) is 0.386. The maximum absolute atomic E-state index is 12.0. The first-order chi connectivity index (χ1) is 9.77. The molecule has 0 spiro atoms. The Morgan fingerprint density at radius 2 is 2.05 bits per heavy atom. The summed E-state index contributed by atoms with van der Waals surface area (Å²) in [6.07, 6.45) is 2.31.